The summed E-state index contributed by atoms with van der Waals surface area (Å²) in [6, 6.07) is 9.74. The molecular weight excluding hydrogens is 334 g/mol. The van der Waals surface area contributed by atoms with Crippen molar-refractivity contribution in [2.24, 2.45) is 0 Å². The maximum absolute atomic E-state index is 11.4. The summed E-state index contributed by atoms with van der Waals surface area (Å²) in [6.07, 6.45) is 0. The first kappa shape index (κ1) is 13.9. The fourth-order valence-corrected chi connectivity index (χ4v) is 2.44. The summed E-state index contributed by atoms with van der Waals surface area (Å²) < 4.78 is 5.95. The number of carbonyl (C=O) groups excluding carboxylic acids is 1. The molecule has 2 heterocycles. The highest BCUT2D eigenvalue weighted by Gasteiger charge is 2.20. The van der Waals surface area contributed by atoms with E-state index >= 15 is 0 Å². The molecule has 106 valence electrons. The minimum atomic E-state index is -0.412. The largest absolute Gasteiger partial charge is 0.338 e. The van der Waals surface area contributed by atoms with E-state index in [1.54, 1.807) is 6.92 Å². The van der Waals surface area contributed by atoms with Crippen LogP contribution in [0.3, 0.4) is 0 Å². The smallest absolute Gasteiger partial charge is 0.237 e. The summed E-state index contributed by atoms with van der Waals surface area (Å²) in [5, 5.41) is 4.95. The van der Waals surface area contributed by atoms with Crippen LogP contribution in [0.15, 0.2) is 39.3 Å². The number of fused-ring (bicyclic) bond motifs is 1. The number of carbonyl (C=O) groups is 1. The van der Waals surface area contributed by atoms with Crippen molar-refractivity contribution in [3.63, 3.8) is 0 Å². The zero-order valence-electron chi connectivity index (χ0n) is 11.5. The van der Waals surface area contributed by atoms with Crippen molar-refractivity contribution in [2.75, 3.05) is 0 Å². The van der Waals surface area contributed by atoms with E-state index in [4.69, 9.17) is 4.52 Å². The van der Waals surface area contributed by atoms with Gasteiger partial charge in [0.05, 0.1) is 11.4 Å². The number of para-hydroxylation sites is 1. The third-order valence-corrected chi connectivity index (χ3v) is 3.92. The van der Waals surface area contributed by atoms with E-state index < -0.39 is 5.92 Å². The summed E-state index contributed by atoms with van der Waals surface area (Å²) in [4.78, 5) is 20.2. The van der Waals surface area contributed by atoms with Crippen LogP contribution in [0.1, 0.15) is 25.7 Å². The minimum absolute atomic E-state index is 0.0178. The van der Waals surface area contributed by atoms with Gasteiger partial charge < -0.3 is 4.52 Å². The quantitative estimate of drug-likeness (QED) is 0.723. The average Bonchev–Trinajstić information content (AvgIpc) is 2.95. The van der Waals surface area contributed by atoms with Crippen molar-refractivity contribution in [3.05, 3.63) is 40.7 Å². The van der Waals surface area contributed by atoms with E-state index in [1.165, 1.54) is 6.92 Å². The van der Waals surface area contributed by atoms with Crippen LogP contribution < -0.4 is 0 Å². The Morgan fingerprint density at radius 2 is 2.05 bits per heavy atom. The van der Waals surface area contributed by atoms with Crippen molar-refractivity contribution in [1.82, 2.24) is 15.1 Å². The van der Waals surface area contributed by atoms with Gasteiger partial charge in [0.2, 0.25) is 11.7 Å². The lowest BCUT2D eigenvalue weighted by Gasteiger charge is -2.02. The van der Waals surface area contributed by atoms with Crippen molar-refractivity contribution >= 4 is 32.6 Å². The maximum Gasteiger partial charge on any atom is 0.237 e. The van der Waals surface area contributed by atoms with Crippen molar-refractivity contribution in [2.45, 2.75) is 19.8 Å². The van der Waals surface area contributed by atoms with Crippen LogP contribution in [0, 0.1) is 0 Å². The highest BCUT2D eigenvalue weighted by molar-refractivity contribution is 9.10. The molecule has 3 rings (SSSR count). The van der Waals surface area contributed by atoms with Crippen LogP contribution >= 0.6 is 15.9 Å². The first-order valence-electron chi connectivity index (χ1n) is 6.46. The summed E-state index contributed by atoms with van der Waals surface area (Å²) >= 11 is 3.48. The molecule has 5 nitrogen and oxygen atoms in total. The molecule has 0 aliphatic carbocycles. The second kappa shape index (κ2) is 5.37. The zero-order chi connectivity index (χ0) is 15.0. The Bertz CT molecular complexity index is 829. The number of hydrogen-bond donors (Lipinski definition) is 0. The van der Waals surface area contributed by atoms with Gasteiger partial charge in [0.25, 0.3) is 0 Å². The van der Waals surface area contributed by atoms with Gasteiger partial charge in [-0.2, -0.15) is 4.98 Å². The van der Waals surface area contributed by atoms with Crippen molar-refractivity contribution < 1.29 is 9.32 Å². The Morgan fingerprint density at radius 3 is 2.81 bits per heavy atom. The molecule has 1 aromatic carbocycles. The number of pyridine rings is 1. The molecule has 21 heavy (non-hydrogen) atoms. The Balaban J connectivity index is 2.08. The molecule has 0 fully saturated rings. The number of aromatic nitrogens is 3. The first-order chi connectivity index (χ1) is 10.1. The Hall–Kier alpha value is -2.08. The highest BCUT2D eigenvalue weighted by atomic mass is 79.9. The molecule has 0 N–H and O–H groups in total. The SMILES string of the molecule is CC(=O)C(C)c1nc(-c2nc3ccccc3cc2Br)no1. The molecule has 3 aromatic rings. The summed E-state index contributed by atoms with van der Waals surface area (Å²) in [5.74, 6) is 0.247. The third-order valence-electron chi connectivity index (χ3n) is 3.31. The standard InChI is InChI=1S/C15H12BrN3O2/c1-8(9(2)20)15-18-14(19-21-15)13-11(16)7-10-5-3-4-6-12(10)17-13/h3-8H,1-2H3. The van der Waals surface area contributed by atoms with Gasteiger partial charge in [0, 0.05) is 9.86 Å². The molecule has 1 atom stereocenters. The van der Waals surface area contributed by atoms with Crippen molar-refractivity contribution in [3.8, 4) is 11.5 Å². The molecule has 0 aliphatic rings. The van der Waals surface area contributed by atoms with Crippen molar-refractivity contribution in [1.29, 1.82) is 0 Å². The molecule has 2 aromatic heterocycles. The monoisotopic (exact) mass is 345 g/mol. The number of benzene rings is 1. The average molecular weight is 346 g/mol. The first-order valence-corrected chi connectivity index (χ1v) is 7.25. The molecule has 0 saturated carbocycles. The van der Waals surface area contributed by atoms with E-state index in [0.717, 1.165) is 15.4 Å². The molecule has 0 saturated heterocycles. The number of nitrogens with zero attached hydrogens (tertiary/aromatic N) is 3. The van der Waals surface area contributed by atoms with Crippen LogP contribution in [0.2, 0.25) is 0 Å². The van der Waals surface area contributed by atoms with Gasteiger partial charge in [0.1, 0.15) is 11.5 Å². The van der Waals surface area contributed by atoms with E-state index in [2.05, 4.69) is 31.1 Å². The van der Waals surface area contributed by atoms with E-state index in [-0.39, 0.29) is 5.78 Å². The second-order valence-corrected chi connectivity index (χ2v) is 5.65. The number of Topliss-reactive ketones (excluding diaryl/α,β-unsaturated/α-hetero) is 1. The van der Waals surface area contributed by atoms with Crippen LogP contribution in [0.4, 0.5) is 0 Å². The number of rotatable bonds is 3. The van der Waals surface area contributed by atoms with Gasteiger partial charge in [-0.3, -0.25) is 4.79 Å². The molecule has 0 radical (unpaired) electrons. The maximum atomic E-state index is 11.4. The molecule has 0 bridgehead atoms. The lowest BCUT2D eigenvalue weighted by Crippen LogP contribution is -2.04. The summed E-state index contributed by atoms with van der Waals surface area (Å²) in [5.41, 5.74) is 1.45. The molecular formula is C15H12BrN3O2. The van der Waals surface area contributed by atoms with Gasteiger partial charge in [-0.1, -0.05) is 23.4 Å². The van der Waals surface area contributed by atoms with E-state index in [9.17, 15) is 4.79 Å². The van der Waals surface area contributed by atoms with Gasteiger partial charge in [-0.15, -0.1) is 0 Å². The highest BCUT2D eigenvalue weighted by Crippen LogP contribution is 2.28. The third kappa shape index (κ3) is 2.58. The molecule has 0 amide bonds. The number of halogens is 1. The molecule has 0 spiro atoms. The van der Waals surface area contributed by atoms with E-state index in [0.29, 0.717) is 17.4 Å². The number of hydrogen-bond acceptors (Lipinski definition) is 5. The zero-order valence-corrected chi connectivity index (χ0v) is 13.1. The Labute approximate surface area is 129 Å². The van der Waals surface area contributed by atoms with Crippen LogP contribution in [-0.2, 0) is 4.79 Å². The van der Waals surface area contributed by atoms with Gasteiger partial charge in [-0.25, -0.2) is 4.98 Å². The number of ketones is 1. The topological polar surface area (TPSA) is 68.9 Å². The van der Waals surface area contributed by atoms with E-state index in [1.807, 2.05) is 30.3 Å². The van der Waals surface area contributed by atoms with Gasteiger partial charge >= 0.3 is 0 Å². The lowest BCUT2D eigenvalue weighted by atomic mass is 10.1. The molecule has 6 heteroatoms. The van der Waals surface area contributed by atoms with Gasteiger partial charge in [-0.05, 0) is 41.9 Å². The fourth-order valence-electron chi connectivity index (χ4n) is 1.93. The normalized spacial score (nSPS) is 12.5. The summed E-state index contributed by atoms with van der Waals surface area (Å²) in [6.45, 7) is 3.24. The summed E-state index contributed by atoms with van der Waals surface area (Å²) in [7, 11) is 0. The second-order valence-electron chi connectivity index (χ2n) is 4.80. The predicted octanol–water partition coefficient (Wildman–Crippen LogP) is 3.74. The van der Waals surface area contributed by atoms with Crippen LogP contribution in [0.25, 0.3) is 22.4 Å². The van der Waals surface area contributed by atoms with Gasteiger partial charge in [0.15, 0.2) is 0 Å². The Morgan fingerprint density at radius 1 is 1.29 bits per heavy atom. The van der Waals surface area contributed by atoms with Crippen LogP contribution in [0.5, 0.6) is 0 Å². The van der Waals surface area contributed by atoms with Crippen LogP contribution in [-0.4, -0.2) is 20.9 Å². The fraction of sp³-hybridized carbons (Fsp3) is 0.200. The minimum Gasteiger partial charge on any atom is -0.338 e. The lowest BCUT2D eigenvalue weighted by molar-refractivity contribution is -0.118. The molecule has 0 aliphatic heterocycles. The molecule has 1 unspecified atom stereocenters. The predicted molar refractivity (Wildman–Crippen MR) is 81.8 cm³/mol. The Kier molecular flexibility index (Phi) is 3.55.